The summed E-state index contributed by atoms with van der Waals surface area (Å²) in [5.41, 5.74) is 2.61. The van der Waals surface area contributed by atoms with Crippen LogP contribution in [0.15, 0.2) is 58.7 Å². The molecule has 0 spiro atoms. The number of hydrogen-bond donors (Lipinski definition) is 2. The zero-order valence-corrected chi connectivity index (χ0v) is 16.7. The Morgan fingerprint density at radius 3 is 2.80 bits per heavy atom. The normalized spacial score (nSPS) is 17.4. The first-order chi connectivity index (χ1) is 14.4. The van der Waals surface area contributed by atoms with Crippen molar-refractivity contribution < 1.29 is 13.2 Å². The quantitative estimate of drug-likeness (QED) is 0.656. The topological polar surface area (TPSA) is 125 Å². The second-order valence-electron chi connectivity index (χ2n) is 6.94. The van der Waals surface area contributed by atoms with Gasteiger partial charge in [-0.1, -0.05) is 30.3 Å². The van der Waals surface area contributed by atoms with E-state index >= 15 is 0 Å². The van der Waals surface area contributed by atoms with E-state index in [1.54, 1.807) is 28.9 Å². The van der Waals surface area contributed by atoms with Crippen molar-refractivity contribution in [3.8, 4) is 11.3 Å². The fourth-order valence-electron chi connectivity index (χ4n) is 3.45. The van der Waals surface area contributed by atoms with E-state index in [0.717, 1.165) is 5.56 Å². The molecule has 152 valence electrons. The number of fused-ring (bicyclic) bond motifs is 2. The Morgan fingerprint density at radius 1 is 1.20 bits per heavy atom. The van der Waals surface area contributed by atoms with Crippen molar-refractivity contribution >= 4 is 38.6 Å². The van der Waals surface area contributed by atoms with Gasteiger partial charge in [0.1, 0.15) is 17.3 Å². The average molecular weight is 423 g/mol. The first-order valence-electron chi connectivity index (χ1n) is 9.18. The lowest BCUT2D eigenvalue weighted by Gasteiger charge is -2.26. The van der Waals surface area contributed by atoms with Crippen LogP contribution >= 0.6 is 0 Å². The molecule has 11 heteroatoms. The van der Waals surface area contributed by atoms with Crippen LogP contribution in [-0.4, -0.2) is 57.3 Å². The molecular weight excluding hydrogens is 406 g/mol. The highest BCUT2D eigenvalue weighted by atomic mass is 32.2. The summed E-state index contributed by atoms with van der Waals surface area (Å²) >= 11 is 0. The van der Waals surface area contributed by atoms with Gasteiger partial charge in [0.25, 0.3) is 15.9 Å². The van der Waals surface area contributed by atoms with Crippen molar-refractivity contribution in [2.24, 2.45) is 11.4 Å². The van der Waals surface area contributed by atoms with Crippen LogP contribution in [0.3, 0.4) is 0 Å². The zero-order valence-electron chi connectivity index (χ0n) is 15.9. The van der Waals surface area contributed by atoms with E-state index in [0.29, 0.717) is 34.0 Å². The number of nitrogens with one attached hydrogen (secondary N) is 2. The molecule has 0 atom stereocenters. The second kappa shape index (κ2) is 6.66. The minimum atomic E-state index is -3.44. The summed E-state index contributed by atoms with van der Waals surface area (Å²) in [5.74, 6) is 0.303. The van der Waals surface area contributed by atoms with E-state index in [2.05, 4.69) is 25.0 Å². The van der Waals surface area contributed by atoms with Crippen molar-refractivity contribution in [2.45, 2.75) is 0 Å². The number of aromatic amines is 1. The number of amidine groups is 1. The van der Waals surface area contributed by atoms with Gasteiger partial charge in [-0.05, 0) is 12.2 Å². The first kappa shape index (κ1) is 18.3. The Labute approximate surface area is 171 Å². The zero-order chi connectivity index (χ0) is 20.9. The highest BCUT2D eigenvalue weighted by Gasteiger charge is 2.26. The monoisotopic (exact) mass is 423 g/mol. The van der Waals surface area contributed by atoms with Crippen LogP contribution in [0.4, 0.5) is 5.82 Å². The molecule has 2 N–H and O–H groups in total. The molecule has 2 aliphatic heterocycles. The molecule has 5 rings (SSSR count). The standard InChI is InChI=1S/C19H17N7O3S/c1-25-18-15(16(23-25)12-5-3-2-4-6-12)17(21-22-18)20-19(27)13-7-8-14-24-30(28,29)10-9-26(14)11-13/h2-8,11H,9-10H2,1H3,(H2,20,21,22,27). The van der Waals surface area contributed by atoms with Gasteiger partial charge >= 0.3 is 0 Å². The predicted molar refractivity (Wildman–Crippen MR) is 112 cm³/mol. The Balaban J connectivity index is 1.47. The average Bonchev–Trinajstić information content (AvgIpc) is 3.29. The molecule has 0 saturated heterocycles. The first-order valence-corrected chi connectivity index (χ1v) is 10.8. The van der Waals surface area contributed by atoms with E-state index in [9.17, 15) is 13.2 Å². The second-order valence-corrected chi connectivity index (χ2v) is 8.69. The highest BCUT2D eigenvalue weighted by molar-refractivity contribution is 7.90. The number of H-pyrrole nitrogens is 1. The number of carbonyl (C=O) groups is 1. The van der Waals surface area contributed by atoms with Crippen molar-refractivity contribution in [1.29, 1.82) is 0 Å². The van der Waals surface area contributed by atoms with Crippen molar-refractivity contribution in [3.05, 3.63) is 54.3 Å². The molecule has 0 fully saturated rings. The number of sulfonamides is 1. The van der Waals surface area contributed by atoms with Crippen LogP contribution in [-0.2, 0) is 21.9 Å². The van der Waals surface area contributed by atoms with Gasteiger partial charge in [-0.25, -0.2) is 13.1 Å². The molecule has 0 bridgehead atoms. The van der Waals surface area contributed by atoms with Crippen LogP contribution in [0.25, 0.3) is 22.3 Å². The van der Waals surface area contributed by atoms with Gasteiger partial charge in [0.15, 0.2) is 5.65 Å². The number of aromatic nitrogens is 4. The lowest BCUT2D eigenvalue weighted by molar-refractivity contribution is -0.112. The smallest absolute Gasteiger partial charge is 0.258 e. The number of carbonyl (C=O) groups excluding carboxylic acids is 1. The Bertz CT molecular complexity index is 1360. The highest BCUT2D eigenvalue weighted by Crippen LogP contribution is 2.31. The van der Waals surface area contributed by atoms with E-state index in [1.807, 2.05) is 30.3 Å². The number of amides is 1. The summed E-state index contributed by atoms with van der Waals surface area (Å²) in [6, 6.07) is 9.65. The molecule has 2 aromatic heterocycles. The van der Waals surface area contributed by atoms with Gasteiger partial charge < -0.3 is 10.2 Å². The number of aryl methyl sites for hydroxylation is 1. The van der Waals surface area contributed by atoms with Crippen LogP contribution in [0.5, 0.6) is 0 Å². The number of rotatable bonds is 3. The van der Waals surface area contributed by atoms with E-state index in [4.69, 9.17) is 0 Å². The van der Waals surface area contributed by atoms with Gasteiger partial charge in [-0.2, -0.15) is 10.2 Å². The summed E-state index contributed by atoms with van der Waals surface area (Å²) in [6.07, 6.45) is 4.66. The maximum atomic E-state index is 12.9. The molecule has 30 heavy (non-hydrogen) atoms. The Hall–Kier alpha value is -3.73. The van der Waals surface area contributed by atoms with Crippen molar-refractivity contribution in [1.82, 2.24) is 24.9 Å². The third-order valence-corrected chi connectivity index (χ3v) is 6.08. The molecule has 1 aromatic carbocycles. The maximum Gasteiger partial charge on any atom is 0.258 e. The molecule has 10 nitrogen and oxygen atoms in total. The number of anilines is 1. The van der Waals surface area contributed by atoms with Crippen LogP contribution < -0.4 is 5.32 Å². The molecule has 0 radical (unpaired) electrons. The minimum Gasteiger partial charge on any atom is -0.330 e. The van der Waals surface area contributed by atoms with Crippen LogP contribution in [0, 0.1) is 0 Å². The van der Waals surface area contributed by atoms with Crippen molar-refractivity contribution in [2.75, 3.05) is 17.6 Å². The van der Waals surface area contributed by atoms with Gasteiger partial charge in [-0.15, -0.1) is 4.40 Å². The number of hydrogen-bond acceptors (Lipinski definition) is 6. The Morgan fingerprint density at radius 2 is 2.00 bits per heavy atom. The molecule has 1 amide bonds. The number of nitrogens with zero attached hydrogens (tertiary/aromatic N) is 5. The van der Waals surface area contributed by atoms with Gasteiger partial charge in [0, 0.05) is 25.4 Å². The number of benzene rings is 1. The third-order valence-electron chi connectivity index (χ3n) is 4.91. The fourth-order valence-corrected chi connectivity index (χ4v) is 4.42. The summed E-state index contributed by atoms with van der Waals surface area (Å²) in [4.78, 5) is 14.5. The molecule has 0 saturated carbocycles. The molecule has 4 heterocycles. The van der Waals surface area contributed by atoms with Crippen LogP contribution in [0.1, 0.15) is 0 Å². The molecule has 2 aliphatic rings. The minimum absolute atomic E-state index is 0.0902. The Kier molecular flexibility index (Phi) is 4.07. The van der Waals surface area contributed by atoms with Crippen LogP contribution in [0.2, 0.25) is 0 Å². The van der Waals surface area contributed by atoms with Gasteiger partial charge in [0.2, 0.25) is 0 Å². The van der Waals surface area contributed by atoms with Crippen molar-refractivity contribution in [3.63, 3.8) is 0 Å². The third kappa shape index (κ3) is 3.08. The predicted octanol–water partition coefficient (Wildman–Crippen LogP) is 1.40. The molecular formula is C19H17N7O3S. The van der Waals surface area contributed by atoms with Gasteiger partial charge in [-0.3, -0.25) is 9.89 Å². The SMILES string of the molecule is Cn1nc(-c2ccccc2)c2c(NC(=O)C3=CN4CCS(=O)(=O)N=C4C=C3)[nH]nc21. The molecule has 0 aliphatic carbocycles. The summed E-state index contributed by atoms with van der Waals surface area (Å²) in [6.45, 7) is 0.247. The fraction of sp³-hybridized carbons (Fsp3) is 0.158. The van der Waals surface area contributed by atoms with E-state index in [-0.39, 0.29) is 18.2 Å². The largest absolute Gasteiger partial charge is 0.330 e. The summed E-state index contributed by atoms with van der Waals surface area (Å²) in [7, 11) is -1.65. The maximum absolute atomic E-state index is 12.9. The van der Waals surface area contributed by atoms with E-state index in [1.165, 1.54) is 6.08 Å². The van der Waals surface area contributed by atoms with Gasteiger partial charge in [0.05, 0.1) is 16.7 Å². The summed E-state index contributed by atoms with van der Waals surface area (Å²) < 4.78 is 28.7. The molecule has 0 unspecified atom stereocenters. The summed E-state index contributed by atoms with van der Waals surface area (Å²) in [5, 5.41) is 15.3. The lowest BCUT2D eigenvalue weighted by Crippen LogP contribution is -2.37. The lowest BCUT2D eigenvalue weighted by atomic mass is 10.1. The van der Waals surface area contributed by atoms with E-state index < -0.39 is 10.0 Å². The molecule has 3 aromatic rings.